The molecule has 1 aromatic heterocycles. The smallest absolute Gasteiger partial charge is 0.351 e. The van der Waals surface area contributed by atoms with Crippen molar-refractivity contribution in [3.8, 4) is 0 Å². The van der Waals surface area contributed by atoms with Crippen LogP contribution in [0.25, 0.3) is 0 Å². The van der Waals surface area contributed by atoms with E-state index >= 15 is 0 Å². The van der Waals surface area contributed by atoms with E-state index in [1.54, 1.807) is 0 Å². The van der Waals surface area contributed by atoms with Crippen LogP contribution < -0.4 is 11.0 Å². The molecule has 1 unspecified atom stereocenters. The number of rotatable bonds is 7. The van der Waals surface area contributed by atoms with E-state index in [1.807, 2.05) is 0 Å². The zero-order valence-electron chi connectivity index (χ0n) is 13.0. The van der Waals surface area contributed by atoms with Crippen LogP contribution in [0.3, 0.4) is 0 Å². The minimum atomic E-state index is -1.73. The van der Waals surface area contributed by atoms with Gasteiger partial charge in [-0.05, 0) is 6.07 Å². The lowest BCUT2D eigenvalue weighted by molar-refractivity contribution is -0.0670. The van der Waals surface area contributed by atoms with E-state index in [9.17, 15) is 30.3 Å². The second kappa shape index (κ2) is 8.16. The molecule has 7 atom stereocenters. The van der Waals surface area contributed by atoms with Crippen molar-refractivity contribution in [1.82, 2.24) is 9.55 Å². The number of aromatic nitrogens is 2. The van der Waals surface area contributed by atoms with Gasteiger partial charge in [0.2, 0.25) is 0 Å². The van der Waals surface area contributed by atoms with Crippen LogP contribution >= 0.6 is 0 Å². The summed E-state index contributed by atoms with van der Waals surface area (Å²) in [5.41, 5.74) is -0.899. The van der Waals surface area contributed by atoms with E-state index in [1.165, 1.54) is 12.3 Å². The monoisotopic (exact) mass is 363 g/mol. The molecule has 25 heavy (non-hydrogen) atoms. The Hall–Kier alpha value is -1.64. The molecule has 1 aromatic rings. The SMILES string of the molecule is O=c1nc(NC(O)[C@H](O)[C@H](O)CO)ccn1[C@@H]1O[C@H](CO)[C@@H](O)[C@H]1O. The maximum absolute atomic E-state index is 12.1. The van der Waals surface area contributed by atoms with Crippen molar-refractivity contribution in [1.29, 1.82) is 0 Å². The van der Waals surface area contributed by atoms with Crippen LogP contribution in [0.5, 0.6) is 0 Å². The summed E-state index contributed by atoms with van der Waals surface area (Å²) in [4.78, 5) is 15.6. The first-order chi connectivity index (χ1) is 11.8. The Balaban J connectivity index is 2.12. The summed E-state index contributed by atoms with van der Waals surface area (Å²) in [7, 11) is 0. The van der Waals surface area contributed by atoms with Crippen molar-refractivity contribution in [3.05, 3.63) is 22.7 Å². The first-order valence-electron chi connectivity index (χ1n) is 7.43. The minimum absolute atomic E-state index is 0.148. The predicted molar refractivity (Wildman–Crippen MR) is 80.2 cm³/mol. The normalized spacial score (nSPS) is 30.0. The maximum atomic E-state index is 12.1. The molecule has 0 saturated carbocycles. The molecule has 0 aromatic carbocycles. The van der Waals surface area contributed by atoms with Crippen molar-refractivity contribution >= 4 is 5.82 Å². The molecule has 1 aliphatic heterocycles. The molecule has 1 saturated heterocycles. The number of hydrogen-bond acceptors (Lipinski definition) is 11. The Morgan fingerprint density at radius 2 is 1.92 bits per heavy atom. The molecule has 0 amide bonds. The Morgan fingerprint density at radius 1 is 1.24 bits per heavy atom. The van der Waals surface area contributed by atoms with Gasteiger partial charge in [-0.1, -0.05) is 0 Å². The molecular formula is C13H21N3O9. The Labute approximate surface area is 141 Å². The number of nitrogens with zero attached hydrogens (tertiary/aromatic N) is 2. The van der Waals surface area contributed by atoms with E-state index in [-0.39, 0.29) is 5.82 Å². The molecular weight excluding hydrogens is 342 g/mol. The first-order valence-corrected chi connectivity index (χ1v) is 7.43. The van der Waals surface area contributed by atoms with E-state index in [0.29, 0.717) is 0 Å². The lowest BCUT2D eigenvalue weighted by Gasteiger charge is -2.23. The summed E-state index contributed by atoms with van der Waals surface area (Å²) >= 11 is 0. The average Bonchev–Trinajstić information content (AvgIpc) is 2.88. The molecule has 0 bridgehead atoms. The van der Waals surface area contributed by atoms with Gasteiger partial charge < -0.3 is 45.8 Å². The third-order valence-corrected chi connectivity index (χ3v) is 3.82. The molecule has 1 aliphatic rings. The molecule has 1 fully saturated rings. The summed E-state index contributed by atoms with van der Waals surface area (Å²) in [6, 6.07) is 1.22. The van der Waals surface area contributed by atoms with Crippen molar-refractivity contribution in [2.75, 3.05) is 18.5 Å². The zero-order chi connectivity index (χ0) is 18.7. The molecule has 0 radical (unpaired) electrons. The quantitative estimate of drug-likeness (QED) is 0.217. The predicted octanol–water partition coefficient (Wildman–Crippen LogP) is -4.70. The topological polar surface area (TPSA) is 198 Å². The third-order valence-electron chi connectivity index (χ3n) is 3.82. The van der Waals surface area contributed by atoms with Crippen molar-refractivity contribution in [2.24, 2.45) is 0 Å². The molecule has 12 heteroatoms. The average molecular weight is 363 g/mol. The van der Waals surface area contributed by atoms with Gasteiger partial charge in [0.1, 0.15) is 36.3 Å². The number of aliphatic hydroxyl groups excluding tert-OH is 7. The highest BCUT2D eigenvalue weighted by Crippen LogP contribution is 2.28. The van der Waals surface area contributed by atoms with Gasteiger partial charge in [0, 0.05) is 6.20 Å². The summed E-state index contributed by atoms with van der Waals surface area (Å²) < 4.78 is 6.10. The standard InChI is InChI=1S/C13H21N3O9/c17-3-5(19)8(20)11(23)14-7-1-2-16(13(24)15-7)12-10(22)9(21)6(4-18)25-12/h1-2,5-6,8-12,17-23H,3-4H2,(H,14,15,24)/t5-,6-,8-,9-,10-,11?,12-/m1/s1. The van der Waals surface area contributed by atoms with Crippen LogP contribution in [0.1, 0.15) is 6.23 Å². The van der Waals surface area contributed by atoms with Crippen LogP contribution in [-0.2, 0) is 4.74 Å². The van der Waals surface area contributed by atoms with Gasteiger partial charge in [0.15, 0.2) is 12.5 Å². The largest absolute Gasteiger partial charge is 0.394 e. The summed E-state index contributed by atoms with van der Waals surface area (Å²) in [5.74, 6) is -0.148. The van der Waals surface area contributed by atoms with E-state index in [4.69, 9.17) is 14.9 Å². The number of hydrogen-bond donors (Lipinski definition) is 8. The van der Waals surface area contributed by atoms with Crippen molar-refractivity contribution in [2.45, 2.75) is 43.0 Å². The van der Waals surface area contributed by atoms with Crippen molar-refractivity contribution < 1.29 is 40.5 Å². The summed E-state index contributed by atoms with van der Waals surface area (Å²) in [6.45, 7) is -1.33. The molecule has 2 heterocycles. The van der Waals surface area contributed by atoms with Crippen LogP contribution in [0.4, 0.5) is 5.82 Å². The lowest BCUT2D eigenvalue weighted by Crippen LogP contribution is -2.44. The molecule has 8 N–H and O–H groups in total. The van der Waals surface area contributed by atoms with Gasteiger partial charge in [0.25, 0.3) is 0 Å². The van der Waals surface area contributed by atoms with Gasteiger partial charge >= 0.3 is 5.69 Å². The van der Waals surface area contributed by atoms with Gasteiger partial charge in [-0.25, -0.2) is 4.79 Å². The molecule has 12 nitrogen and oxygen atoms in total. The molecule has 142 valence electrons. The summed E-state index contributed by atoms with van der Waals surface area (Å²) in [5, 5.41) is 68.1. The second-order valence-electron chi connectivity index (χ2n) is 5.56. The maximum Gasteiger partial charge on any atom is 0.351 e. The minimum Gasteiger partial charge on any atom is -0.394 e. The van der Waals surface area contributed by atoms with Crippen molar-refractivity contribution in [3.63, 3.8) is 0 Å². The Bertz CT molecular complexity index is 627. The number of anilines is 1. The number of aliphatic hydroxyl groups is 7. The van der Waals surface area contributed by atoms with Crippen LogP contribution in [0.2, 0.25) is 0 Å². The fourth-order valence-corrected chi connectivity index (χ4v) is 2.35. The van der Waals surface area contributed by atoms with Gasteiger partial charge in [-0.3, -0.25) is 4.57 Å². The van der Waals surface area contributed by atoms with Gasteiger partial charge in [0.05, 0.1) is 13.2 Å². The second-order valence-corrected chi connectivity index (χ2v) is 5.56. The van der Waals surface area contributed by atoms with Crippen LogP contribution in [0, 0.1) is 0 Å². The fraction of sp³-hybridized carbons (Fsp3) is 0.692. The molecule has 0 aliphatic carbocycles. The van der Waals surface area contributed by atoms with Gasteiger partial charge in [-0.2, -0.15) is 4.98 Å². The molecule has 2 rings (SSSR count). The van der Waals surface area contributed by atoms with E-state index in [0.717, 1.165) is 4.57 Å². The Kier molecular flexibility index (Phi) is 6.42. The lowest BCUT2D eigenvalue weighted by atomic mass is 10.1. The van der Waals surface area contributed by atoms with Crippen LogP contribution in [0.15, 0.2) is 17.1 Å². The molecule has 0 spiro atoms. The van der Waals surface area contributed by atoms with Gasteiger partial charge in [-0.15, -0.1) is 0 Å². The third kappa shape index (κ3) is 4.13. The fourth-order valence-electron chi connectivity index (χ4n) is 2.35. The van der Waals surface area contributed by atoms with E-state index in [2.05, 4.69) is 10.3 Å². The highest BCUT2D eigenvalue weighted by atomic mass is 16.6. The highest BCUT2D eigenvalue weighted by Gasteiger charge is 2.43. The highest BCUT2D eigenvalue weighted by molar-refractivity contribution is 5.33. The first kappa shape index (κ1) is 19.7. The van der Waals surface area contributed by atoms with E-state index < -0.39 is 61.9 Å². The number of nitrogens with one attached hydrogen (secondary N) is 1. The zero-order valence-corrected chi connectivity index (χ0v) is 13.0. The number of ether oxygens (including phenoxy) is 1. The summed E-state index contributed by atoms with van der Waals surface area (Å²) in [6.07, 6.45) is -9.01. The Morgan fingerprint density at radius 3 is 2.44 bits per heavy atom. The van der Waals surface area contributed by atoms with Crippen LogP contribution in [-0.4, -0.2) is 95.3 Å².